The second kappa shape index (κ2) is 9.04. The molecule has 1 atom stereocenters. The summed E-state index contributed by atoms with van der Waals surface area (Å²) in [5.41, 5.74) is 5.53. The van der Waals surface area contributed by atoms with E-state index in [1.807, 2.05) is 61.5 Å². The number of benzene rings is 3. The van der Waals surface area contributed by atoms with E-state index in [4.69, 9.17) is 9.15 Å². The number of aromatic nitrogens is 1. The molecule has 0 aliphatic rings. The number of fused-ring (bicyclic) bond motifs is 1. The SMILES string of the molecule is CC[C@H](C)c1ccc2oc(-c3ccc(NC(=O)COc4cccc(C)c4)cc3)nc2c1. The Morgan fingerprint density at radius 3 is 2.65 bits per heavy atom. The molecule has 1 heterocycles. The lowest BCUT2D eigenvalue weighted by Crippen LogP contribution is -2.20. The number of hydrogen-bond donors (Lipinski definition) is 1. The van der Waals surface area contributed by atoms with E-state index in [2.05, 4.69) is 36.3 Å². The van der Waals surface area contributed by atoms with Crippen molar-refractivity contribution in [1.29, 1.82) is 0 Å². The second-order valence-electron chi connectivity index (χ2n) is 7.79. The molecule has 0 unspecified atom stereocenters. The van der Waals surface area contributed by atoms with Gasteiger partial charge in [-0.2, -0.15) is 0 Å². The molecule has 1 aromatic heterocycles. The zero-order chi connectivity index (χ0) is 21.8. The van der Waals surface area contributed by atoms with Crippen LogP contribution in [0.1, 0.15) is 37.3 Å². The topological polar surface area (TPSA) is 64.4 Å². The number of carbonyl (C=O) groups excluding carboxylic acids is 1. The first-order valence-electron chi connectivity index (χ1n) is 10.5. The first kappa shape index (κ1) is 20.7. The molecule has 0 spiro atoms. The maximum Gasteiger partial charge on any atom is 0.262 e. The van der Waals surface area contributed by atoms with Crippen LogP contribution in [0.2, 0.25) is 0 Å². The molecule has 5 nitrogen and oxygen atoms in total. The number of nitrogens with one attached hydrogen (secondary N) is 1. The van der Waals surface area contributed by atoms with Crippen molar-refractivity contribution in [2.24, 2.45) is 0 Å². The van der Waals surface area contributed by atoms with Crippen LogP contribution in [0.3, 0.4) is 0 Å². The van der Waals surface area contributed by atoms with Gasteiger partial charge < -0.3 is 14.5 Å². The van der Waals surface area contributed by atoms with Crippen molar-refractivity contribution < 1.29 is 13.9 Å². The molecular formula is C26H26N2O3. The molecule has 0 aliphatic heterocycles. The van der Waals surface area contributed by atoms with Gasteiger partial charge in [0.25, 0.3) is 5.91 Å². The molecule has 0 saturated carbocycles. The van der Waals surface area contributed by atoms with Crippen LogP contribution in [0, 0.1) is 6.92 Å². The van der Waals surface area contributed by atoms with E-state index in [0.717, 1.165) is 28.6 Å². The van der Waals surface area contributed by atoms with Crippen LogP contribution in [0.25, 0.3) is 22.6 Å². The molecule has 5 heteroatoms. The average Bonchev–Trinajstić information content (AvgIpc) is 3.21. The fourth-order valence-electron chi connectivity index (χ4n) is 3.36. The number of hydrogen-bond acceptors (Lipinski definition) is 4. The summed E-state index contributed by atoms with van der Waals surface area (Å²) in [5, 5.41) is 2.84. The summed E-state index contributed by atoms with van der Waals surface area (Å²) < 4.78 is 11.5. The lowest BCUT2D eigenvalue weighted by atomic mass is 9.98. The van der Waals surface area contributed by atoms with Crippen molar-refractivity contribution in [2.75, 3.05) is 11.9 Å². The van der Waals surface area contributed by atoms with E-state index >= 15 is 0 Å². The number of amides is 1. The minimum absolute atomic E-state index is 0.0468. The summed E-state index contributed by atoms with van der Waals surface area (Å²) >= 11 is 0. The van der Waals surface area contributed by atoms with Crippen molar-refractivity contribution in [2.45, 2.75) is 33.1 Å². The van der Waals surface area contributed by atoms with Gasteiger partial charge in [0.1, 0.15) is 11.3 Å². The molecular weight excluding hydrogens is 388 g/mol. The Morgan fingerprint density at radius 1 is 1.10 bits per heavy atom. The molecule has 0 bridgehead atoms. The number of aryl methyl sites for hydroxylation is 1. The normalized spacial score (nSPS) is 12.0. The molecule has 0 fully saturated rings. The predicted octanol–water partition coefficient (Wildman–Crippen LogP) is 6.33. The average molecular weight is 415 g/mol. The lowest BCUT2D eigenvalue weighted by molar-refractivity contribution is -0.118. The number of anilines is 1. The minimum Gasteiger partial charge on any atom is -0.484 e. The van der Waals surface area contributed by atoms with Crippen molar-refractivity contribution in [3.8, 4) is 17.2 Å². The summed E-state index contributed by atoms with van der Waals surface area (Å²) in [5.74, 6) is 1.52. The smallest absolute Gasteiger partial charge is 0.262 e. The summed E-state index contributed by atoms with van der Waals surface area (Å²) in [6.07, 6.45) is 1.08. The highest BCUT2D eigenvalue weighted by Gasteiger charge is 2.11. The predicted molar refractivity (Wildman–Crippen MR) is 123 cm³/mol. The number of ether oxygens (including phenoxy) is 1. The van der Waals surface area contributed by atoms with Gasteiger partial charge in [-0.25, -0.2) is 4.98 Å². The Balaban J connectivity index is 1.41. The first-order valence-corrected chi connectivity index (χ1v) is 10.5. The van der Waals surface area contributed by atoms with Gasteiger partial charge in [-0.15, -0.1) is 0 Å². The van der Waals surface area contributed by atoms with Crippen LogP contribution in [0.4, 0.5) is 5.69 Å². The monoisotopic (exact) mass is 414 g/mol. The van der Waals surface area contributed by atoms with Crippen LogP contribution in [-0.4, -0.2) is 17.5 Å². The molecule has 158 valence electrons. The molecule has 3 aromatic carbocycles. The van der Waals surface area contributed by atoms with Gasteiger partial charge in [-0.3, -0.25) is 4.79 Å². The van der Waals surface area contributed by atoms with Crippen molar-refractivity contribution >= 4 is 22.7 Å². The maximum atomic E-state index is 12.2. The van der Waals surface area contributed by atoms with Crippen molar-refractivity contribution in [3.63, 3.8) is 0 Å². The largest absolute Gasteiger partial charge is 0.484 e. The third kappa shape index (κ3) is 4.94. The number of oxazole rings is 1. The molecule has 0 saturated heterocycles. The highest BCUT2D eigenvalue weighted by atomic mass is 16.5. The molecule has 1 N–H and O–H groups in total. The summed E-state index contributed by atoms with van der Waals surface area (Å²) in [7, 11) is 0. The van der Waals surface area contributed by atoms with E-state index in [9.17, 15) is 4.79 Å². The third-order valence-electron chi connectivity index (χ3n) is 5.37. The Morgan fingerprint density at radius 2 is 1.90 bits per heavy atom. The van der Waals surface area contributed by atoms with Gasteiger partial charge in [0.05, 0.1) is 0 Å². The van der Waals surface area contributed by atoms with Crippen LogP contribution in [0.5, 0.6) is 5.75 Å². The van der Waals surface area contributed by atoms with E-state index in [0.29, 0.717) is 23.2 Å². The van der Waals surface area contributed by atoms with Crippen LogP contribution in [0.15, 0.2) is 71.1 Å². The zero-order valence-corrected chi connectivity index (χ0v) is 18.0. The standard InChI is InChI=1S/C26H26N2O3/c1-4-18(3)20-10-13-24-23(15-20)28-26(31-24)19-8-11-21(12-9-19)27-25(29)16-30-22-7-5-6-17(2)14-22/h5-15,18H,4,16H2,1-3H3,(H,27,29)/t18-/m0/s1. The molecule has 4 aromatic rings. The van der Waals surface area contributed by atoms with Crippen LogP contribution >= 0.6 is 0 Å². The van der Waals surface area contributed by atoms with Gasteiger partial charge in [0, 0.05) is 11.3 Å². The number of carbonyl (C=O) groups is 1. The fraction of sp³-hybridized carbons (Fsp3) is 0.231. The summed E-state index contributed by atoms with van der Waals surface area (Å²) in [6, 6.07) is 21.2. The third-order valence-corrected chi connectivity index (χ3v) is 5.37. The molecule has 0 aliphatic carbocycles. The fourth-order valence-corrected chi connectivity index (χ4v) is 3.36. The minimum atomic E-state index is -0.214. The first-order chi connectivity index (χ1) is 15.0. The Hall–Kier alpha value is -3.60. The lowest BCUT2D eigenvalue weighted by Gasteiger charge is -2.08. The van der Waals surface area contributed by atoms with Crippen LogP contribution < -0.4 is 10.1 Å². The summed E-state index contributed by atoms with van der Waals surface area (Å²) in [6.45, 7) is 6.32. The Kier molecular flexibility index (Phi) is 6.03. The summed E-state index contributed by atoms with van der Waals surface area (Å²) in [4.78, 5) is 16.8. The van der Waals surface area contributed by atoms with Crippen molar-refractivity contribution in [3.05, 3.63) is 77.9 Å². The highest BCUT2D eigenvalue weighted by Crippen LogP contribution is 2.28. The van der Waals surface area contributed by atoms with E-state index in [1.54, 1.807) is 0 Å². The molecule has 4 rings (SSSR count). The maximum absolute atomic E-state index is 12.2. The van der Waals surface area contributed by atoms with E-state index in [1.165, 1.54) is 5.56 Å². The number of rotatable bonds is 7. The van der Waals surface area contributed by atoms with Crippen LogP contribution in [-0.2, 0) is 4.79 Å². The van der Waals surface area contributed by atoms with Gasteiger partial charge in [0.2, 0.25) is 5.89 Å². The zero-order valence-electron chi connectivity index (χ0n) is 18.0. The Bertz CT molecular complexity index is 1190. The van der Waals surface area contributed by atoms with E-state index < -0.39 is 0 Å². The van der Waals surface area contributed by atoms with Gasteiger partial charge in [0.15, 0.2) is 12.2 Å². The molecule has 1 amide bonds. The molecule has 0 radical (unpaired) electrons. The number of nitrogens with zero attached hydrogens (tertiary/aromatic N) is 1. The second-order valence-corrected chi connectivity index (χ2v) is 7.79. The van der Waals surface area contributed by atoms with Gasteiger partial charge in [-0.05, 0) is 78.9 Å². The van der Waals surface area contributed by atoms with Gasteiger partial charge >= 0.3 is 0 Å². The Labute approximate surface area is 182 Å². The van der Waals surface area contributed by atoms with Gasteiger partial charge in [-0.1, -0.05) is 32.0 Å². The molecule has 31 heavy (non-hydrogen) atoms. The highest BCUT2D eigenvalue weighted by molar-refractivity contribution is 5.92. The van der Waals surface area contributed by atoms with Crippen molar-refractivity contribution in [1.82, 2.24) is 4.98 Å². The van der Waals surface area contributed by atoms with E-state index in [-0.39, 0.29) is 12.5 Å². The quantitative estimate of drug-likeness (QED) is 0.383.